The fourth-order valence-corrected chi connectivity index (χ4v) is 2.82. The molecule has 0 heterocycles. The zero-order chi connectivity index (χ0) is 13.8. The van der Waals surface area contributed by atoms with Crippen molar-refractivity contribution in [1.82, 2.24) is 5.32 Å². The lowest BCUT2D eigenvalue weighted by Crippen LogP contribution is -2.19. The van der Waals surface area contributed by atoms with Crippen molar-refractivity contribution in [2.45, 2.75) is 26.3 Å². The number of aryl methyl sites for hydroxylation is 2. The summed E-state index contributed by atoms with van der Waals surface area (Å²) in [7, 11) is 2.04. The monoisotopic (exact) mass is 365 g/mol. The lowest BCUT2D eigenvalue weighted by atomic mass is 9.93. The second-order valence-corrected chi connectivity index (χ2v) is 6.21. The van der Waals surface area contributed by atoms with Crippen molar-refractivity contribution in [2.24, 2.45) is 0 Å². The quantitative estimate of drug-likeness (QED) is 0.792. The van der Waals surface area contributed by atoms with Gasteiger partial charge in [-0.1, -0.05) is 30.3 Å². The maximum atomic E-state index is 3.44. The predicted molar refractivity (Wildman–Crippen MR) is 90.6 cm³/mol. The molecule has 0 aromatic heterocycles. The molecule has 1 unspecified atom stereocenters. The van der Waals surface area contributed by atoms with Gasteiger partial charge in [0.25, 0.3) is 0 Å². The standard InChI is InChI=1S/C17H20IN/c1-12-5-4-6-13(2)16(12)11-17(19-3)14-7-9-15(18)10-8-14/h4-10,17,19H,11H2,1-3H3. The maximum absolute atomic E-state index is 3.44. The van der Waals surface area contributed by atoms with Gasteiger partial charge in [0.2, 0.25) is 0 Å². The number of likely N-dealkylation sites (N-methyl/N-ethyl adjacent to an activating group) is 1. The first kappa shape index (κ1) is 14.5. The lowest BCUT2D eigenvalue weighted by molar-refractivity contribution is 0.589. The number of nitrogens with one attached hydrogen (secondary N) is 1. The van der Waals surface area contributed by atoms with Crippen LogP contribution in [0, 0.1) is 17.4 Å². The fraction of sp³-hybridized carbons (Fsp3) is 0.294. The van der Waals surface area contributed by atoms with Gasteiger partial charge in [-0.2, -0.15) is 0 Å². The van der Waals surface area contributed by atoms with E-state index in [2.05, 4.69) is 84.2 Å². The third kappa shape index (κ3) is 3.57. The van der Waals surface area contributed by atoms with Crippen molar-refractivity contribution in [2.75, 3.05) is 7.05 Å². The second kappa shape index (κ2) is 6.53. The molecule has 0 aliphatic heterocycles. The molecular formula is C17H20IN. The Hall–Kier alpha value is -0.870. The van der Waals surface area contributed by atoms with Crippen LogP contribution >= 0.6 is 22.6 Å². The van der Waals surface area contributed by atoms with Gasteiger partial charge in [-0.25, -0.2) is 0 Å². The Morgan fingerprint density at radius 3 is 2.11 bits per heavy atom. The Labute approximate surface area is 129 Å². The summed E-state index contributed by atoms with van der Waals surface area (Å²) in [6.45, 7) is 4.39. The van der Waals surface area contributed by atoms with Crippen LogP contribution in [0.1, 0.15) is 28.3 Å². The summed E-state index contributed by atoms with van der Waals surface area (Å²) in [5.41, 5.74) is 5.57. The van der Waals surface area contributed by atoms with Crippen molar-refractivity contribution >= 4 is 22.6 Å². The third-order valence-corrected chi connectivity index (χ3v) is 4.39. The SMILES string of the molecule is CNC(Cc1c(C)cccc1C)c1ccc(I)cc1. The van der Waals surface area contributed by atoms with E-state index >= 15 is 0 Å². The molecule has 2 rings (SSSR count). The summed E-state index contributed by atoms with van der Waals surface area (Å²) >= 11 is 2.35. The van der Waals surface area contributed by atoms with Gasteiger partial charge in [0.15, 0.2) is 0 Å². The molecule has 1 N–H and O–H groups in total. The topological polar surface area (TPSA) is 12.0 Å². The van der Waals surface area contributed by atoms with Gasteiger partial charge >= 0.3 is 0 Å². The Balaban J connectivity index is 2.26. The van der Waals surface area contributed by atoms with Crippen LogP contribution in [-0.2, 0) is 6.42 Å². The number of hydrogen-bond donors (Lipinski definition) is 1. The van der Waals surface area contributed by atoms with Gasteiger partial charge in [0, 0.05) is 9.61 Å². The molecule has 0 radical (unpaired) electrons. The van der Waals surface area contributed by atoms with Crippen LogP contribution in [0.3, 0.4) is 0 Å². The molecule has 0 aliphatic carbocycles. The zero-order valence-corrected chi connectivity index (χ0v) is 13.9. The van der Waals surface area contributed by atoms with Crippen molar-refractivity contribution in [1.29, 1.82) is 0 Å². The van der Waals surface area contributed by atoms with E-state index in [0.717, 1.165) is 6.42 Å². The van der Waals surface area contributed by atoms with E-state index < -0.39 is 0 Å². The third-order valence-electron chi connectivity index (χ3n) is 3.67. The molecule has 1 nitrogen and oxygen atoms in total. The van der Waals surface area contributed by atoms with Crippen LogP contribution in [0.25, 0.3) is 0 Å². The van der Waals surface area contributed by atoms with Crippen molar-refractivity contribution in [3.8, 4) is 0 Å². The first-order chi connectivity index (χ1) is 9.11. The van der Waals surface area contributed by atoms with Gasteiger partial charge in [0.1, 0.15) is 0 Å². The van der Waals surface area contributed by atoms with E-state index in [1.54, 1.807) is 0 Å². The molecule has 0 saturated carbocycles. The first-order valence-corrected chi connectivity index (χ1v) is 7.67. The lowest BCUT2D eigenvalue weighted by Gasteiger charge is -2.19. The van der Waals surface area contributed by atoms with Gasteiger partial charge < -0.3 is 5.32 Å². The minimum atomic E-state index is 0.372. The van der Waals surface area contributed by atoms with Crippen LogP contribution in [0.5, 0.6) is 0 Å². The first-order valence-electron chi connectivity index (χ1n) is 6.59. The Morgan fingerprint density at radius 2 is 1.58 bits per heavy atom. The van der Waals surface area contributed by atoms with Crippen LogP contribution in [0.2, 0.25) is 0 Å². The number of hydrogen-bond acceptors (Lipinski definition) is 1. The highest BCUT2D eigenvalue weighted by Crippen LogP contribution is 2.23. The van der Waals surface area contributed by atoms with Gasteiger partial charge in [-0.05, 0) is 84.3 Å². The molecule has 1 atom stereocenters. The normalized spacial score (nSPS) is 12.4. The smallest absolute Gasteiger partial charge is 0.0358 e. The van der Waals surface area contributed by atoms with E-state index in [0.29, 0.717) is 6.04 Å². The van der Waals surface area contributed by atoms with Crippen molar-refractivity contribution < 1.29 is 0 Å². The van der Waals surface area contributed by atoms with Crippen LogP contribution in [0.15, 0.2) is 42.5 Å². The van der Waals surface area contributed by atoms with Gasteiger partial charge in [0.05, 0.1) is 0 Å². The molecule has 0 saturated heterocycles. The van der Waals surface area contributed by atoms with E-state index in [-0.39, 0.29) is 0 Å². The minimum absolute atomic E-state index is 0.372. The molecular weight excluding hydrogens is 345 g/mol. The molecule has 0 fully saturated rings. The van der Waals surface area contributed by atoms with Gasteiger partial charge in [-0.3, -0.25) is 0 Å². The molecule has 0 amide bonds. The number of benzene rings is 2. The van der Waals surface area contributed by atoms with Crippen LogP contribution in [0.4, 0.5) is 0 Å². The molecule has 2 heteroatoms. The average Bonchev–Trinajstić information content (AvgIpc) is 2.40. The highest BCUT2D eigenvalue weighted by molar-refractivity contribution is 14.1. The molecule has 19 heavy (non-hydrogen) atoms. The summed E-state index contributed by atoms with van der Waals surface area (Å²) in [4.78, 5) is 0. The Bertz CT molecular complexity index is 525. The van der Waals surface area contributed by atoms with Gasteiger partial charge in [-0.15, -0.1) is 0 Å². The number of halogens is 1. The van der Waals surface area contributed by atoms with E-state index in [1.807, 2.05) is 7.05 Å². The van der Waals surface area contributed by atoms with Crippen molar-refractivity contribution in [3.63, 3.8) is 0 Å². The highest BCUT2D eigenvalue weighted by Gasteiger charge is 2.12. The summed E-state index contributed by atoms with van der Waals surface area (Å²) < 4.78 is 1.28. The molecule has 100 valence electrons. The van der Waals surface area contributed by atoms with E-state index in [9.17, 15) is 0 Å². The van der Waals surface area contributed by atoms with E-state index in [4.69, 9.17) is 0 Å². The summed E-state index contributed by atoms with van der Waals surface area (Å²) in [5, 5.41) is 3.44. The largest absolute Gasteiger partial charge is 0.313 e. The summed E-state index contributed by atoms with van der Waals surface area (Å²) in [6, 6.07) is 15.7. The summed E-state index contributed by atoms with van der Waals surface area (Å²) in [5.74, 6) is 0. The highest BCUT2D eigenvalue weighted by atomic mass is 127. The van der Waals surface area contributed by atoms with Crippen LogP contribution < -0.4 is 5.32 Å². The number of rotatable bonds is 4. The van der Waals surface area contributed by atoms with Crippen molar-refractivity contribution in [3.05, 3.63) is 68.3 Å². The van der Waals surface area contributed by atoms with E-state index in [1.165, 1.54) is 25.8 Å². The molecule has 0 aliphatic rings. The predicted octanol–water partition coefficient (Wildman–Crippen LogP) is 4.41. The molecule has 0 spiro atoms. The second-order valence-electron chi connectivity index (χ2n) is 4.97. The maximum Gasteiger partial charge on any atom is 0.0358 e. The van der Waals surface area contributed by atoms with Crippen LogP contribution in [-0.4, -0.2) is 7.05 Å². The molecule has 2 aromatic rings. The Kier molecular flexibility index (Phi) is 4.99. The summed E-state index contributed by atoms with van der Waals surface area (Å²) in [6.07, 6.45) is 1.04. The fourth-order valence-electron chi connectivity index (χ4n) is 2.46. The zero-order valence-electron chi connectivity index (χ0n) is 11.7. The Morgan fingerprint density at radius 1 is 1.00 bits per heavy atom. The average molecular weight is 365 g/mol. The molecule has 0 bridgehead atoms. The minimum Gasteiger partial charge on any atom is -0.313 e. The molecule has 2 aromatic carbocycles.